The maximum atomic E-state index is 4.60. The van der Waals surface area contributed by atoms with E-state index >= 15 is 0 Å². The molecule has 2 rings (SSSR count). The lowest BCUT2D eigenvalue weighted by Gasteiger charge is -2.13. The van der Waals surface area contributed by atoms with Crippen LogP contribution in [0, 0.1) is 19.8 Å². The number of hydrogen-bond donors (Lipinski definition) is 0. The Balaban J connectivity index is 0.000000771. The van der Waals surface area contributed by atoms with Gasteiger partial charge in [-0.15, -0.1) is 0 Å². The minimum Gasteiger partial charge on any atom is -0.302 e. The van der Waals surface area contributed by atoms with Gasteiger partial charge in [0.05, 0.1) is 6.54 Å². The molecule has 1 fully saturated rings. The molecule has 0 bridgehead atoms. The summed E-state index contributed by atoms with van der Waals surface area (Å²) in [5, 5.41) is 0. The van der Waals surface area contributed by atoms with Gasteiger partial charge in [-0.05, 0) is 58.7 Å². The SMILES string of the molecule is CC.Cc1nc(CN(C)C)nc(C)c1CC1CC1. The van der Waals surface area contributed by atoms with Crippen LogP contribution in [0.15, 0.2) is 0 Å². The molecular weight excluding hydrogens is 222 g/mol. The number of aromatic nitrogens is 2. The smallest absolute Gasteiger partial charge is 0.142 e. The minimum absolute atomic E-state index is 0.825. The van der Waals surface area contributed by atoms with Crippen LogP contribution < -0.4 is 0 Å². The molecule has 0 saturated heterocycles. The molecule has 0 amide bonds. The topological polar surface area (TPSA) is 29.0 Å². The van der Waals surface area contributed by atoms with E-state index in [4.69, 9.17) is 0 Å². The molecule has 1 aromatic rings. The summed E-state index contributed by atoms with van der Waals surface area (Å²) < 4.78 is 0. The summed E-state index contributed by atoms with van der Waals surface area (Å²) in [4.78, 5) is 11.3. The van der Waals surface area contributed by atoms with Crippen molar-refractivity contribution in [1.29, 1.82) is 0 Å². The first-order chi connectivity index (χ1) is 8.56. The van der Waals surface area contributed by atoms with Crippen molar-refractivity contribution in [3.8, 4) is 0 Å². The van der Waals surface area contributed by atoms with E-state index in [0.717, 1.165) is 18.3 Å². The summed E-state index contributed by atoms with van der Waals surface area (Å²) in [6.07, 6.45) is 3.95. The zero-order valence-electron chi connectivity index (χ0n) is 12.7. The Bertz CT molecular complexity index is 358. The summed E-state index contributed by atoms with van der Waals surface area (Å²) in [6.45, 7) is 9.06. The second-order valence-electron chi connectivity index (χ2n) is 5.17. The molecule has 1 heterocycles. The van der Waals surface area contributed by atoms with E-state index in [2.05, 4.69) is 28.7 Å². The van der Waals surface area contributed by atoms with Crippen molar-refractivity contribution in [2.75, 3.05) is 14.1 Å². The van der Waals surface area contributed by atoms with Crippen molar-refractivity contribution in [1.82, 2.24) is 14.9 Å². The highest BCUT2D eigenvalue weighted by Crippen LogP contribution is 2.33. The molecule has 0 N–H and O–H groups in total. The standard InChI is InChI=1S/C13H21N3.C2H6/c1-9-12(7-11-5-6-11)10(2)15-13(14-9)8-16(3)4;1-2/h11H,5-8H2,1-4H3;1-2H3. The van der Waals surface area contributed by atoms with Gasteiger partial charge in [0.2, 0.25) is 0 Å². The molecule has 0 spiro atoms. The summed E-state index contributed by atoms with van der Waals surface area (Å²) in [5.74, 6) is 1.85. The van der Waals surface area contributed by atoms with Crippen molar-refractivity contribution in [3.05, 3.63) is 22.8 Å². The summed E-state index contributed by atoms with van der Waals surface area (Å²) in [7, 11) is 4.10. The van der Waals surface area contributed by atoms with Crippen LogP contribution in [0.3, 0.4) is 0 Å². The lowest BCUT2D eigenvalue weighted by atomic mass is 10.1. The van der Waals surface area contributed by atoms with Crippen molar-refractivity contribution in [2.24, 2.45) is 5.92 Å². The Morgan fingerprint density at radius 2 is 1.56 bits per heavy atom. The first-order valence-corrected chi connectivity index (χ1v) is 7.04. The lowest BCUT2D eigenvalue weighted by molar-refractivity contribution is 0.389. The van der Waals surface area contributed by atoms with E-state index in [1.165, 1.54) is 36.2 Å². The van der Waals surface area contributed by atoms with E-state index < -0.39 is 0 Å². The zero-order chi connectivity index (χ0) is 13.7. The Morgan fingerprint density at radius 1 is 1.06 bits per heavy atom. The predicted molar refractivity (Wildman–Crippen MR) is 76.7 cm³/mol. The third-order valence-electron chi connectivity index (χ3n) is 3.11. The molecule has 0 unspecified atom stereocenters. The van der Waals surface area contributed by atoms with Crippen LogP contribution in [0.25, 0.3) is 0 Å². The van der Waals surface area contributed by atoms with Crippen LogP contribution in [-0.4, -0.2) is 29.0 Å². The average Bonchev–Trinajstić information content (AvgIpc) is 3.09. The fraction of sp³-hybridized carbons (Fsp3) is 0.733. The van der Waals surface area contributed by atoms with E-state index in [0.29, 0.717) is 0 Å². The monoisotopic (exact) mass is 249 g/mol. The molecule has 0 radical (unpaired) electrons. The number of rotatable bonds is 4. The molecule has 1 aromatic heterocycles. The van der Waals surface area contributed by atoms with Gasteiger partial charge in [0, 0.05) is 11.4 Å². The van der Waals surface area contributed by atoms with Gasteiger partial charge in [-0.3, -0.25) is 0 Å². The molecule has 1 saturated carbocycles. The lowest BCUT2D eigenvalue weighted by Crippen LogP contribution is -2.15. The van der Waals surface area contributed by atoms with Gasteiger partial charge in [-0.25, -0.2) is 9.97 Å². The molecule has 1 aliphatic rings. The molecular formula is C15H27N3. The van der Waals surface area contributed by atoms with Crippen LogP contribution in [0.1, 0.15) is 49.5 Å². The van der Waals surface area contributed by atoms with Crippen LogP contribution in [-0.2, 0) is 13.0 Å². The van der Waals surface area contributed by atoms with Gasteiger partial charge in [-0.1, -0.05) is 13.8 Å². The van der Waals surface area contributed by atoms with E-state index in [1.807, 2.05) is 27.9 Å². The van der Waals surface area contributed by atoms with Crippen LogP contribution in [0.5, 0.6) is 0 Å². The second kappa shape index (κ2) is 6.83. The maximum Gasteiger partial charge on any atom is 0.142 e. The van der Waals surface area contributed by atoms with Crippen molar-refractivity contribution < 1.29 is 0 Å². The predicted octanol–water partition coefficient (Wildman–Crippen LogP) is 3.13. The first-order valence-electron chi connectivity index (χ1n) is 7.04. The second-order valence-corrected chi connectivity index (χ2v) is 5.17. The Labute approximate surface area is 112 Å². The summed E-state index contributed by atoms with van der Waals surface area (Å²) in [5.41, 5.74) is 3.73. The molecule has 0 atom stereocenters. The van der Waals surface area contributed by atoms with E-state index in [1.54, 1.807) is 0 Å². The molecule has 3 nitrogen and oxygen atoms in total. The molecule has 0 aromatic carbocycles. The fourth-order valence-electron chi connectivity index (χ4n) is 2.07. The van der Waals surface area contributed by atoms with Gasteiger partial charge >= 0.3 is 0 Å². The van der Waals surface area contributed by atoms with Gasteiger partial charge in [-0.2, -0.15) is 0 Å². The quantitative estimate of drug-likeness (QED) is 0.821. The number of nitrogens with zero attached hydrogens (tertiary/aromatic N) is 3. The van der Waals surface area contributed by atoms with Crippen LogP contribution in [0.2, 0.25) is 0 Å². The van der Waals surface area contributed by atoms with Gasteiger partial charge in [0.15, 0.2) is 0 Å². The van der Waals surface area contributed by atoms with Crippen molar-refractivity contribution >= 4 is 0 Å². The van der Waals surface area contributed by atoms with Crippen LogP contribution >= 0.6 is 0 Å². The Hall–Kier alpha value is -0.960. The summed E-state index contributed by atoms with van der Waals surface area (Å²) in [6, 6.07) is 0. The molecule has 102 valence electrons. The van der Waals surface area contributed by atoms with Crippen molar-refractivity contribution in [2.45, 2.75) is 53.5 Å². The summed E-state index contributed by atoms with van der Waals surface area (Å²) >= 11 is 0. The third-order valence-corrected chi connectivity index (χ3v) is 3.11. The minimum atomic E-state index is 0.825. The maximum absolute atomic E-state index is 4.60. The molecule has 3 heteroatoms. The fourth-order valence-corrected chi connectivity index (χ4v) is 2.07. The van der Waals surface area contributed by atoms with Gasteiger partial charge < -0.3 is 4.90 Å². The van der Waals surface area contributed by atoms with E-state index in [-0.39, 0.29) is 0 Å². The highest BCUT2D eigenvalue weighted by Gasteiger charge is 2.23. The van der Waals surface area contributed by atoms with E-state index in [9.17, 15) is 0 Å². The third kappa shape index (κ3) is 4.37. The average molecular weight is 249 g/mol. The van der Waals surface area contributed by atoms with Crippen LogP contribution in [0.4, 0.5) is 0 Å². The Kier molecular flexibility index (Phi) is 5.73. The number of hydrogen-bond acceptors (Lipinski definition) is 3. The number of aryl methyl sites for hydroxylation is 2. The first kappa shape index (κ1) is 15.1. The van der Waals surface area contributed by atoms with Gasteiger partial charge in [0.25, 0.3) is 0 Å². The molecule has 18 heavy (non-hydrogen) atoms. The molecule has 1 aliphatic carbocycles. The Morgan fingerprint density at radius 3 is 1.94 bits per heavy atom. The highest BCUT2D eigenvalue weighted by molar-refractivity contribution is 5.25. The highest BCUT2D eigenvalue weighted by atomic mass is 15.1. The normalized spacial score (nSPS) is 14.4. The molecule has 0 aliphatic heterocycles. The zero-order valence-corrected chi connectivity index (χ0v) is 12.7. The van der Waals surface area contributed by atoms with Crippen molar-refractivity contribution in [3.63, 3.8) is 0 Å². The largest absolute Gasteiger partial charge is 0.302 e. The van der Waals surface area contributed by atoms with Gasteiger partial charge in [0.1, 0.15) is 5.82 Å².